The van der Waals surface area contributed by atoms with Crippen molar-refractivity contribution >= 4 is 17.9 Å². The minimum absolute atomic E-state index is 0.0800. The summed E-state index contributed by atoms with van der Waals surface area (Å²) in [6, 6.07) is 2.62. The predicted molar refractivity (Wildman–Crippen MR) is 58.9 cm³/mol. The molecule has 90 valence electrons. The van der Waals surface area contributed by atoms with E-state index in [0.717, 1.165) is 0 Å². The molecule has 1 aromatic carbocycles. The number of rotatable bonds is 4. The number of hydrogen-bond donors (Lipinski definition) is 0. The van der Waals surface area contributed by atoms with Crippen LogP contribution in [-0.4, -0.2) is 24.3 Å². The molecule has 6 nitrogen and oxygen atoms in total. The first-order valence-electron chi connectivity index (χ1n) is 4.79. The molecule has 0 aliphatic carbocycles. The van der Waals surface area contributed by atoms with Gasteiger partial charge in [0.1, 0.15) is 0 Å². The van der Waals surface area contributed by atoms with Crippen molar-refractivity contribution in [1.29, 1.82) is 0 Å². The zero-order chi connectivity index (χ0) is 13.0. The summed E-state index contributed by atoms with van der Waals surface area (Å²) in [6.45, 7) is 1.55. The van der Waals surface area contributed by atoms with Crippen molar-refractivity contribution in [1.82, 2.24) is 0 Å². The molecule has 0 N–H and O–H groups in total. The van der Waals surface area contributed by atoms with Crippen LogP contribution in [0.4, 0.5) is 5.69 Å². The fourth-order valence-electron chi connectivity index (χ4n) is 1.46. The maximum Gasteiger partial charge on any atom is 0.310 e. The standard InChI is InChI=1S/C11H11NO5/c1-7-3-8(5-11(14)17-2)9(6-13)4-10(7)12(15)16/h3-4,6H,5H2,1-2H3. The second-order valence-corrected chi connectivity index (χ2v) is 3.47. The lowest BCUT2D eigenvalue weighted by atomic mass is 10.0. The van der Waals surface area contributed by atoms with Crippen molar-refractivity contribution in [2.75, 3.05) is 7.11 Å². The maximum atomic E-state index is 11.1. The zero-order valence-electron chi connectivity index (χ0n) is 9.43. The Morgan fingerprint density at radius 2 is 2.18 bits per heavy atom. The highest BCUT2D eigenvalue weighted by Gasteiger charge is 2.16. The average Bonchev–Trinajstić information content (AvgIpc) is 2.28. The average molecular weight is 237 g/mol. The Morgan fingerprint density at radius 1 is 1.53 bits per heavy atom. The Hall–Kier alpha value is -2.24. The number of methoxy groups -OCH3 is 1. The number of ether oxygens (including phenoxy) is 1. The quantitative estimate of drug-likeness (QED) is 0.342. The molecule has 0 amide bonds. The smallest absolute Gasteiger partial charge is 0.310 e. The molecule has 17 heavy (non-hydrogen) atoms. The largest absolute Gasteiger partial charge is 0.469 e. The van der Waals surface area contributed by atoms with Crippen molar-refractivity contribution in [2.45, 2.75) is 13.3 Å². The minimum atomic E-state index is -0.565. The third kappa shape index (κ3) is 2.87. The number of nitrogens with zero attached hydrogens (tertiary/aromatic N) is 1. The Kier molecular flexibility index (Phi) is 3.92. The van der Waals surface area contributed by atoms with Crippen molar-refractivity contribution in [3.63, 3.8) is 0 Å². The van der Waals surface area contributed by atoms with Gasteiger partial charge in [-0.05, 0) is 18.6 Å². The third-order valence-corrected chi connectivity index (χ3v) is 2.34. The Morgan fingerprint density at radius 3 is 2.65 bits per heavy atom. The van der Waals surface area contributed by atoms with Crippen LogP contribution in [0.25, 0.3) is 0 Å². The molecular weight excluding hydrogens is 226 g/mol. The summed E-state index contributed by atoms with van der Waals surface area (Å²) in [6.07, 6.45) is 0.411. The van der Waals surface area contributed by atoms with Crippen LogP contribution in [0.3, 0.4) is 0 Å². The molecule has 0 aromatic heterocycles. The number of nitro groups is 1. The number of benzene rings is 1. The van der Waals surface area contributed by atoms with E-state index in [1.165, 1.54) is 19.2 Å². The Labute approximate surface area is 97.3 Å². The van der Waals surface area contributed by atoms with Gasteiger partial charge in [0.2, 0.25) is 0 Å². The second kappa shape index (κ2) is 5.20. The van der Waals surface area contributed by atoms with E-state index in [9.17, 15) is 19.7 Å². The fraction of sp³-hybridized carbons (Fsp3) is 0.273. The highest BCUT2D eigenvalue weighted by molar-refractivity contribution is 5.83. The monoisotopic (exact) mass is 237 g/mol. The number of hydrogen-bond acceptors (Lipinski definition) is 5. The fourth-order valence-corrected chi connectivity index (χ4v) is 1.46. The minimum Gasteiger partial charge on any atom is -0.469 e. The molecule has 0 saturated carbocycles. The molecule has 0 bridgehead atoms. The van der Waals surface area contributed by atoms with Crippen LogP contribution in [0.2, 0.25) is 0 Å². The molecule has 0 spiro atoms. The predicted octanol–water partition coefficient (Wildman–Crippen LogP) is 1.43. The zero-order valence-corrected chi connectivity index (χ0v) is 9.43. The van der Waals surface area contributed by atoms with Crippen molar-refractivity contribution in [3.8, 4) is 0 Å². The lowest BCUT2D eigenvalue weighted by molar-refractivity contribution is -0.385. The summed E-state index contributed by atoms with van der Waals surface area (Å²) in [7, 11) is 1.24. The molecule has 6 heteroatoms. The molecule has 0 saturated heterocycles. The van der Waals surface area contributed by atoms with Crippen LogP contribution in [0.15, 0.2) is 12.1 Å². The van der Waals surface area contributed by atoms with E-state index in [1.54, 1.807) is 6.92 Å². The normalized spacial score (nSPS) is 9.76. The molecule has 0 radical (unpaired) electrons. The first-order valence-corrected chi connectivity index (χ1v) is 4.79. The molecule has 0 heterocycles. The summed E-state index contributed by atoms with van der Waals surface area (Å²) < 4.78 is 4.48. The van der Waals surface area contributed by atoms with Gasteiger partial charge in [-0.25, -0.2) is 0 Å². The number of nitro benzene ring substituents is 1. The van der Waals surface area contributed by atoms with Crippen LogP contribution in [0.5, 0.6) is 0 Å². The van der Waals surface area contributed by atoms with Gasteiger partial charge in [0.05, 0.1) is 18.5 Å². The summed E-state index contributed by atoms with van der Waals surface area (Å²) in [5.74, 6) is -0.499. The molecule has 0 aliphatic heterocycles. The van der Waals surface area contributed by atoms with E-state index in [1.807, 2.05) is 0 Å². The van der Waals surface area contributed by atoms with E-state index < -0.39 is 10.9 Å². The number of aldehydes is 1. The van der Waals surface area contributed by atoms with Gasteiger partial charge in [-0.2, -0.15) is 0 Å². The number of carbonyl (C=O) groups excluding carboxylic acids is 2. The summed E-state index contributed by atoms with van der Waals surface area (Å²) in [5, 5.41) is 10.7. The van der Waals surface area contributed by atoms with Crippen molar-refractivity contribution < 1.29 is 19.2 Å². The molecule has 0 fully saturated rings. The van der Waals surface area contributed by atoms with Crippen LogP contribution in [0.1, 0.15) is 21.5 Å². The van der Waals surface area contributed by atoms with Crippen LogP contribution in [0, 0.1) is 17.0 Å². The molecule has 0 atom stereocenters. The maximum absolute atomic E-state index is 11.1. The molecule has 1 aromatic rings. The van der Waals surface area contributed by atoms with E-state index in [-0.39, 0.29) is 17.7 Å². The van der Waals surface area contributed by atoms with Gasteiger partial charge < -0.3 is 4.74 Å². The highest BCUT2D eigenvalue weighted by Crippen LogP contribution is 2.22. The van der Waals surface area contributed by atoms with Crippen molar-refractivity contribution in [2.24, 2.45) is 0 Å². The van der Waals surface area contributed by atoms with Gasteiger partial charge in [-0.15, -0.1) is 0 Å². The van der Waals surface area contributed by atoms with Gasteiger partial charge in [0.25, 0.3) is 5.69 Å². The Balaban J connectivity index is 3.23. The van der Waals surface area contributed by atoms with Gasteiger partial charge in [-0.1, -0.05) is 0 Å². The van der Waals surface area contributed by atoms with Gasteiger partial charge in [0.15, 0.2) is 6.29 Å². The van der Waals surface area contributed by atoms with Crippen LogP contribution < -0.4 is 0 Å². The SMILES string of the molecule is COC(=O)Cc1cc(C)c([N+](=O)[O-])cc1C=O. The summed E-state index contributed by atoms with van der Waals surface area (Å²) in [4.78, 5) is 32.0. The van der Waals surface area contributed by atoms with Gasteiger partial charge in [0, 0.05) is 17.2 Å². The highest BCUT2D eigenvalue weighted by atomic mass is 16.6. The Bertz CT molecular complexity index is 481. The van der Waals surface area contributed by atoms with Crippen LogP contribution in [-0.2, 0) is 16.0 Å². The number of esters is 1. The molecular formula is C11H11NO5. The van der Waals surface area contributed by atoms with Gasteiger partial charge in [-0.3, -0.25) is 19.7 Å². The molecule has 0 aliphatic rings. The lowest BCUT2D eigenvalue weighted by Crippen LogP contribution is -2.08. The molecule has 0 unspecified atom stereocenters. The van der Waals surface area contributed by atoms with Gasteiger partial charge >= 0.3 is 5.97 Å². The topological polar surface area (TPSA) is 86.5 Å². The van der Waals surface area contributed by atoms with E-state index in [2.05, 4.69) is 4.74 Å². The number of carbonyl (C=O) groups is 2. The second-order valence-electron chi connectivity index (χ2n) is 3.47. The van der Waals surface area contributed by atoms with E-state index >= 15 is 0 Å². The summed E-state index contributed by atoms with van der Waals surface area (Å²) >= 11 is 0. The summed E-state index contributed by atoms with van der Waals surface area (Å²) in [5.41, 5.74) is 0.822. The first kappa shape index (κ1) is 12.8. The molecule has 1 rings (SSSR count). The van der Waals surface area contributed by atoms with Crippen LogP contribution >= 0.6 is 0 Å². The van der Waals surface area contributed by atoms with E-state index in [4.69, 9.17) is 0 Å². The van der Waals surface area contributed by atoms with Crippen molar-refractivity contribution in [3.05, 3.63) is 38.9 Å². The first-order chi connectivity index (χ1) is 7.99. The number of aryl methyl sites for hydroxylation is 1. The third-order valence-electron chi connectivity index (χ3n) is 2.34. The van der Waals surface area contributed by atoms with E-state index in [0.29, 0.717) is 17.4 Å². The lowest BCUT2D eigenvalue weighted by Gasteiger charge is -2.05.